The fraction of sp³-hybridized carbons (Fsp3) is 0.364. The number of nitrogen functional groups attached to an aromatic ring is 1. The number of carbonyl (C=O) groups excluding carboxylic acids is 1. The molecule has 2 N–H and O–H groups in total. The van der Waals surface area contributed by atoms with Crippen LogP contribution in [0.2, 0.25) is 0 Å². The number of carbonyl (C=O) groups is 1. The van der Waals surface area contributed by atoms with Crippen molar-refractivity contribution in [1.82, 2.24) is 4.98 Å². The summed E-state index contributed by atoms with van der Waals surface area (Å²) in [6.07, 6.45) is 1.78. The fourth-order valence-electron chi connectivity index (χ4n) is 1.45. The van der Waals surface area contributed by atoms with Crippen LogP contribution in [-0.4, -0.2) is 23.8 Å². The van der Waals surface area contributed by atoms with E-state index in [0.717, 1.165) is 0 Å². The normalized spacial score (nSPS) is 9.76. The highest BCUT2D eigenvalue weighted by Crippen LogP contribution is 2.30. The van der Waals surface area contributed by atoms with Gasteiger partial charge in [-0.25, -0.2) is 9.78 Å². The van der Waals surface area contributed by atoms with Crippen molar-refractivity contribution in [2.75, 3.05) is 18.6 Å². The van der Waals surface area contributed by atoms with Crippen LogP contribution in [0.15, 0.2) is 4.90 Å². The molecule has 0 bridgehead atoms. The summed E-state index contributed by atoms with van der Waals surface area (Å²) in [5.41, 5.74) is 6.68. The van der Waals surface area contributed by atoms with Gasteiger partial charge in [0.2, 0.25) is 0 Å². The van der Waals surface area contributed by atoms with E-state index in [2.05, 4.69) is 4.98 Å². The Morgan fingerprint density at radius 2 is 2.29 bits per heavy atom. The van der Waals surface area contributed by atoms with Gasteiger partial charge in [0, 0.05) is 4.90 Å². The first-order valence-electron chi connectivity index (χ1n) is 4.98. The molecule has 0 unspecified atom stereocenters. The van der Waals surface area contributed by atoms with Crippen molar-refractivity contribution in [1.29, 1.82) is 5.26 Å². The molecule has 0 aliphatic heterocycles. The van der Waals surface area contributed by atoms with Crippen molar-refractivity contribution in [3.05, 3.63) is 16.8 Å². The lowest BCUT2D eigenvalue weighted by Crippen LogP contribution is -2.12. The Labute approximate surface area is 104 Å². The molecule has 0 saturated carbocycles. The van der Waals surface area contributed by atoms with E-state index in [0.29, 0.717) is 16.2 Å². The van der Waals surface area contributed by atoms with Crippen molar-refractivity contribution in [2.45, 2.75) is 18.7 Å². The number of aryl methyl sites for hydroxylation is 1. The Morgan fingerprint density at radius 1 is 1.65 bits per heavy atom. The largest absolute Gasteiger partial charge is 0.462 e. The maximum absolute atomic E-state index is 11.8. The summed E-state index contributed by atoms with van der Waals surface area (Å²) < 4.78 is 4.95. The Bertz CT molecular complexity index is 494. The summed E-state index contributed by atoms with van der Waals surface area (Å²) >= 11 is 1.29. The van der Waals surface area contributed by atoms with Crippen LogP contribution in [0.5, 0.6) is 0 Å². The highest BCUT2D eigenvalue weighted by Gasteiger charge is 2.22. The lowest BCUT2D eigenvalue weighted by Gasteiger charge is -2.12. The van der Waals surface area contributed by atoms with Crippen molar-refractivity contribution < 1.29 is 9.53 Å². The van der Waals surface area contributed by atoms with E-state index >= 15 is 0 Å². The molecule has 1 rings (SSSR count). The first-order chi connectivity index (χ1) is 8.06. The number of anilines is 1. The summed E-state index contributed by atoms with van der Waals surface area (Å²) in [6, 6.07) is 1.96. The lowest BCUT2D eigenvalue weighted by molar-refractivity contribution is 0.0521. The third kappa shape index (κ3) is 2.50. The molecular weight excluding hydrogens is 238 g/mol. The van der Waals surface area contributed by atoms with Crippen LogP contribution >= 0.6 is 11.8 Å². The third-order valence-electron chi connectivity index (χ3n) is 2.16. The molecule has 0 aliphatic carbocycles. The number of esters is 1. The Hall–Kier alpha value is -1.74. The molecule has 6 heteroatoms. The van der Waals surface area contributed by atoms with E-state index in [1.54, 1.807) is 20.1 Å². The van der Waals surface area contributed by atoms with E-state index in [-0.39, 0.29) is 18.0 Å². The second-order valence-electron chi connectivity index (χ2n) is 3.20. The number of nitriles is 1. The van der Waals surface area contributed by atoms with Gasteiger partial charge in [-0.2, -0.15) is 5.26 Å². The van der Waals surface area contributed by atoms with Gasteiger partial charge in [0.25, 0.3) is 0 Å². The smallest absolute Gasteiger partial charge is 0.341 e. The standard InChI is InChI=1S/C11H13N3O2S/c1-4-16-11(15)8-6(2)14-10(13)7(5-12)9(8)17-3/h4H2,1-3H3,(H2,13,14). The Kier molecular flexibility index (Phi) is 4.35. The predicted molar refractivity (Wildman–Crippen MR) is 65.8 cm³/mol. The number of hydrogen-bond acceptors (Lipinski definition) is 6. The second-order valence-corrected chi connectivity index (χ2v) is 4.01. The van der Waals surface area contributed by atoms with Crippen LogP contribution in [0.25, 0.3) is 0 Å². The molecule has 1 aromatic heterocycles. The molecule has 0 radical (unpaired) electrons. The van der Waals surface area contributed by atoms with Gasteiger partial charge in [-0.05, 0) is 20.1 Å². The molecule has 17 heavy (non-hydrogen) atoms. The number of thioether (sulfide) groups is 1. The van der Waals surface area contributed by atoms with E-state index in [4.69, 9.17) is 15.7 Å². The summed E-state index contributed by atoms with van der Waals surface area (Å²) in [4.78, 5) is 16.3. The molecule has 5 nitrogen and oxygen atoms in total. The minimum absolute atomic E-state index is 0.141. The van der Waals surface area contributed by atoms with Gasteiger partial charge >= 0.3 is 5.97 Å². The van der Waals surface area contributed by atoms with E-state index in [9.17, 15) is 4.79 Å². The SMILES string of the molecule is CCOC(=O)c1c(C)nc(N)c(C#N)c1SC. The van der Waals surface area contributed by atoms with Crippen LogP contribution in [0.1, 0.15) is 28.5 Å². The molecule has 1 heterocycles. The maximum Gasteiger partial charge on any atom is 0.341 e. The zero-order valence-corrected chi connectivity index (χ0v) is 10.7. The number of aromatic nitrogens is 1. The first kappa shape index (κ1) is 13.3. The molecule has 0 fully saturated rings. The zero-order chi connectivity index (χ0) is 13.0. The average Bonchev–Trinajstić information content (AvgIpc) is 2.28. The monoisotopic (exact) mass is 251 g/mol. The zero-order valence-electron chi connectivity index (χ0n) is 9.90. The molecule has 0 spiro atoms. The van der Waals surface area contributed by atoms with Crippen LogP contribution in [0.4, 0.5) is 5.82 Å². The summed E-state index contributed by atoms with van der Waals surface area (Å²) in [7, 11) is 0. The van der Waals surface area contributed by atoms with Crippen LogP contribution < -0.4 is 5.73 Å². The molecular formula is C11H13N3O2S. The molecule has 0 atom stereocenters. The maximum atomic E-state index is 11.8. The quantitative estimate of drug-likeness (QED) is 0.650. The highest BCUT2D eigenvalue weighted by atomic mass is 32.2. The Morgan fingerprint density at radius 3 is 2.76 bits per heavy atom. The number of ether oxygens (including phenoxy) is 1. The number of nitrogens with zero attached hydrogens (tertiary/aromatic N) is 2. The average molecular weight is 251 g/mol. The van der Waals surface area contributed by atoms with Crippen LogP contribution in [0, 0.1) is 18.3 Å². The molecule has 90 valence electrons. The van der Waals surface area contributed by atoms with Crippen molar-refractivity contribution >= 4 is 23.5 Å². The van der Waals surface area contributed by atoms with Gasteiger partial charge in [-0.3, -0.25) is 0 Å². The summed E-state index contributed by atoms with van der Waals surface area (Å²) in [5.74, 6) is -0.333. The summed E-state index contributed by atoms with van der Waals surface area (Å²) in [5, 5.41) is 9.02. The Balaban J connectivity index is 3.49. The number of hydrogen-bond donors (Lipinski definition) is 1. The highest BCUT2D eigenvalue weighted by molar-refractivity contribution is 7.98. The van der Waals surface area contributed by atoms with Crippen LogP contribution in [0.3, 0.4) is 0 Å². The minimum Gasteiger partial charge on any atom is -0.462 e. The van der Waals surface area contributed by atoms with E-state index in [1.165, 1.54) is 11.8 Å². The molecule has 0 amide bonds. The van der Waals surface area contributed by atoms with Gasteiger partial charge in [0.15, 0.2) is 0 Å². The predicted octanol–water partition coefficient (Wildman–Crippen LogP) is 1.74. The van der Waals surface area contributed by atoms with Gasteiger partial charge in [-0.15, -0.1) is 11.8 Å². The minimum atomic E-state index is -0.474. The number of nitrogens with two attached hydrogens (primary N) is 1. The van der Waals surface area contributed by atoms with Crippen molar-refractivity contribution in [2.24, 2.45) is 0 Å². The van der Waals surface area contributed by atoms with Gasteiger partial charge in [0.1, 0.15) is 17.5 Å². The summed E-state index contributed by atoms with van der Waals surface area (Å²) in [6.45, 7) is 3.67. The number of pyridine rings is 1. The number of rotatable bonds is 3. The van der Waals surface area contributed by atoms with Gasteiger partial charge in [0.05, 0.1) is 17.9 Å². The first-order valence-corrected chi connectivity index (χ1v) is 6.20. The topological polar surface area (TPSA) is 89.0 Å². The van der Waals surface area contributed by atoms with Gasteiger partial charge < -0.3 is 10.5 Å². The van der Waals surface area contributed by atoms with Gasteiger partial charge in [-0.1, -0.05) is 0 Å². The molecule has 1 aromatic rings. The van der Waals surface area contributed by atoms with E-state index in [1.807, 2.05) is 6.07 Å². The fourth-order valence-corrected chi connectivity index (χ4v) is 2.24. The lowest BCUT2D eigenvalue weighted by atomic mass is 10.1. The van der Waals surface area contributed by atoms with Crippen LogP contribution in [-0.2, 0) is 4.74 Å². The third-order valence-corrected chi connectivity index (χ3v) is 2.97. The molecule has 0 saturated heterocycles. The van der Waals surface area contributed by atoms with Crippen molar-refractivity contribution in [3.8, 4) is 6.07 Å². The van der Waals surface area contributed by atoms with E-state index < -0.39 is 5.97 Å². The second kappa shape index (κ2) is 5.55. The molecule has 0 aliphatic rings. The molecule has 0 aromatic carbocycles. The van der Waals surface area contributed by atoms with Crippen molar-refractivity contribution in [3.63, 3.8) is 0 Å².